The maximum absolute atomic E-state index is 13.0. The Kier molecular flexibility index (Phi) is 7.20. The fourth-order valence-electron chi connectivity index (χ4n) is 4.15. The first-order valence-corrected chi connectivity index (χ1v) is 13.0. The number of esters is 1. The third-order valence-electron chi connectivity index (χ3n) is 5.80. The molecule has 4 rings (SSSR count). The Labute approximate surface area is 203 Å². The number of nitrogens with zero attached hydrogens (tertiary/aromatic N) is 2. The zero-order valence-electron chi connectivity index (χ0n) is 19.2. The van der Waals surface area contributed by atoms with Crippen molar-refractivity contribution in [1.29, 1.82) is 0 Å². The van der Waals surface area contributed by atoms with Gasteiger partial charge in [-0.15, -0.1) is 0 Å². The molecule has 35 heavy (non-hydrogen) atoms. The van der Waals surface area contributed by atoms with Crippen LogP contribution in [0.25, 0.3) is 0 Å². The minimum atomic E-state index is -3.40. The van der Waals surface area contributed by atoms with E-state index < -0.39 is 40.3 Å². The minimum Gasteiger partial charge on any atom is -0.494 e. The van der Waals surface area contributed by atoms with E-state index in [1.54, 1.807) is 54.6 Å². The third-order valence-corrected chi connectivity index (χ3v) is 7.18. The number of sulfone groups is 1. The van der Waals surface area contributed by atoms with Crippen LogP contribution in [0, 0.1) is 5.92 Å². The lowest BCUT2D eigenvalue weighted by atomic mass is 10.1. The molecule has 2 aromatic carbocycles. The molecule has 1 fully saturated rings. The first-order valence-electron chi connectivity index (χ1n) is 11.3. The topological polar surface area (TPSA) is 110 Å². The first kappa shape index (κ1) is 24.5. The van der Waals surface area contributed by atoms with Gasteiger partial charge in [0.25, 0.3) is 5.91 Å². The van der Waals surface area contributed by atoms with Crippen LogP contribution in [-0.4, -0.2) is 57.8 Å². The predicted octanol–water partition coefficient (Wildman–Crippen LogP) is 2.33. The molecule has 2 aliphatic heterocycles. The molecular formula is C25H26N2O7S. The Hall–Kier alpha value is -3.66. The van der Waals surface area contributed by atoms with Gasteiger partial charge < -0.3 is 19.3 Å². The summed E-state index contributed by atoms with van der Waals surface area (Å²) in [6.07, 6.45) is 1.43. The second-order valence-corrected chi connectivity index (χ2v) is 10.2. The van der Waals surface area contributed by atoms with E-state index in [4.69, 9.17) is 9.47 Å². The number of rotatable bonds is 8. The molecule has 1 saturated heterocycles. The SMILES string of the molecule is CCOc1ccc(N2CC(C(=O)OCC(=O)N(c3ccccc3)C3C=CS(=O)(=O)C3)CC2=O)cc1. The Bertz CT molecular complexity index is 1230. The van der Waals surface area contributed by atoms with Crippen LogP contribution in [0.5, 0.6) is 5.75 Å². The van der Waals surface area contributed by atoms with E-state index in [1.807, 2.05) is 6.92 Å². The summed E-state index contributed by atoms with van der Waals surface area (Å²) in [6, 6.07) is 14.9. The van der Waals surface area contributed by atoms with E-state index in [9.17, 15) is 22.8 Å². The monoisotopic (exact) mass is 498 g/mol. The molecule has 10 heteroatoms. The Balaban J connectivity index is 1.39. The number of hydrogen-bond acceptors (Lipinski definition) is 7. The molecule has 184 valence electrons. The lowest BCUT2D eigenvalue weighted by molar-refractivity contribution is -0.151. The molecule has 0 radical (unpaired) electrons. The minimum absolute atomic E-state index is 0.0216. The molecule has 0 aliphatic carbocycles. The van der Waals surface area contributed by atoms with Crippen molar-refractivity contribution < 1.29 is 32.3 Å². The smallest absolute Gasteiger partial charge is 0.311 e. The van der Waals surface area contributed by atoms with Gasteiger partial charge in [0.1, 0.15) is 5.75 Å². The van der Waals surface area contributed by atoms with Gasteiger partial charge in [-0.1, -0.05) is 18.2 Å². The largest absolute Gasteiger partial charge is 0.494 e. The van der Waals surface area contributed by atoms with Crippen LogP contribution in [0.15, 0.2) is 66.1 Å². The van der Waals surface area contributed by atoms with Gasteiger partial charge in [-0.25, -0.2) is 8.42 Å². The molecule has 0 aromatic heterocycles. The average molecular weight is 499 g/mol. The summed E-state index contributed by atoms with van der Waals surface area (Å²) in [5.41, 5.74) is 1.15. The molecule has 2 amide bonds. The number of amides is 2. The molecule has 0 bridgehead atoms. The summed E-state index contributed by atoms with van der Waals surface area (Å²) >= 11 is 0. The van der Waals surface area contributed by atoms with Crippen LogP contribution in [0.4, 0.5) is 11.4 Å². The maximum Gasteiger partial charge on any atom is 0.311 e. The lowest BCUT2D eigenvalue weighted by Gasteiger charge is -2.27. The van der Waals surface area contributed by atoms with Crippen molar-refractivity contribution in [3.05, 3.63) is 66.1 Å². The van der Waals surface area contributed by atoms with Crippen LogP contribution in [-0.2, 0) is 29.0 Å². The highest BCUT2D eigenvalue weighted by Gasteiger charge is 2.37. The Morgan fingerprint density at radius 2 is 1.80 bits per heavy atom. The highest BCUT2D eigenvalue weighted by Crippen LogP contribution is 2.28. The average Bonchev–Trinajstić information content (AvgIpc) is 3.41. The van der Waals surface area contributed by atoms with Gasteiger partial charge in [0.2, 0.25) is 5.91 Å². The van der Waals surface area contributed by atoms with E-state index in [2.05, 4.69) is 0 Å². The van der Waals surface area contributed by atoms with Crippen molar-refractivity contribution in [1.82, 2.24) is 0 Å². The second-order valence-electron chi connectivity index (χ2n) is 8.26. The normalized spacial score (nSPS) is 20.6. The van der Waals surface area contributed by atoms with Crippen molar-refractivity contribution in [2.75, 3.05) is 35.3 Å². The summed E-state index contributed by atoms with van der Waals surface area (Å²) in [5.74, 6) is -1.68. The zero-order chi connectivity index (χ0) is 25.0. The van der Waals surface area contributed by atoms with Crippen molar-refractivity contribution in [2.45, 2.75) is 19.4 Å². The zero-order valence-corrected chi connectivity index (χ0v) is 20.0. The number of anilines is 2. The van der Waals surface area contributed by atoms with Gasteiger partial charge in [0.15, 0.2) is 16.4 Å². The fourth-order valence-corrected chi connectivity index (χ4v) is 5.42. The lowest BCUT2D eigenvalue weighted by Crippen LogP contribution is -2.43. The molecule has 0 saturated carbocycles. The van der Waals surface area contributed by atoms with E-state index in [0.717, 1.165) is 5.41 Å². The molecule has 2 aromatic rings. The fraction of sp³-hybridized carbons (Fsp3) is 0.320. The highest BCUT2D eigenvalue weighted by atomic mass is 32.2. The van der Waals surface area contributed by atoms with Crippen LogP contribution in [0.3, 0.4) is 0 Å². The molecule has 2 heterocycles. The van der Waals surface area contributed by atoms with Crippen LogP contribution in [0.2, 0.25) is 0 Å². The molecule has 2 unspecified atom stereocenters. The van der Waals surface area contributed by atoms with E-state index in [0.29, 0.717) is 23.7 Å². The van der Waals surface area contributed by atoms with Crippen molar-refractivity contribution >= 4 is 39.0 Å². The van der Waals surface area contributed by atoms with Crippen LogP contribution < -0.4 is 14.5 Å². The van der Waals surface area contributed by atoms with Crippen molar-refractivity contribution in [3.63, 3.8) is 0 Å². The summed E-state index contributed by atoms with van der Waals surface area (Å²) in [5, 5.41) is 1.09. The summed E-state index contributed by atoms with van der Waals surface area (Å²) in [6.45, 7) is 1.99. The standard InChI is InChI=1S/C25H26N2O7S/c1-2-33-22-10-8-19(9-11-22)26-15-18(14-23(26)28)25(30)34-16-24(29)27(20-6-4-3-5-7-20)21-12-13-35(31,32)17-21/h3-13,18,21H,2,14-17H2,1H3. The number of ether oxygens (including phenoxy) is 2. The summed E-state index contributed by atoms with van der Waals surface area (Å²) < 4.78 is 34.5. The molecule has 2 atom stereocenters. The molecule has 9 nitrogen and oxygen atoms in total. The predicted molar refractivity (Wildman–Crippen MR) is 130 cm³/mol. The van der Waals surface area contributed by atoms with Crippen LogP contribution >= 0.6 is 0 Å². The second kappa shape index (κ2) is 10.3. The van der Waals surface area contributed by atoms with E-state index >= 15 is 0 Å². The Morgan fingerprint density at radius 1 is 1.09 bits per heavy atom. The van der Waals surface area contributed by atoms with Gasteiger partial charge >= 0.3 is 5.97 Å². The quantitative estimate of drug-likeness (QED) is 0.514. The molecule has 0 spiro atoms. The van der Waals surface area contributed by atoms with Gasteiger partial charge in [-0.2, -0.15) is 0 Å². The highest BCUT2D eigenvalue weighted by molar-refractivity contribution is 7.94. The summed E-state index contributed by atoms with van der Waals surface area (Å²) in [7, 11) is -3.40. The number of carbonyl (C=O) groups is 3. The number of carbonyl (C=O) groups excluding carboxylic acids is 3. The maximum atomic E-state index is 13.0. The van der Waals surface area contributed by atoms with Gasteiger partial charge in [0.05, 0.1) is 24.3 Å². The number of hydrogen-bond donors (Lipinski definition) is 0. The van der Waals surface area contributed by atoms with Crippen LogP contribution in [0.1, 0.15) is 13.3 Å². The number of benzene rings is 2. The van der Waals surface area contributed by atoms with Gasteiger partial charge in [0, 0.05) is 29.7 Å². The molecule has 0 N–H and O–H groups in total. The van der Waals surface area contributed by atoms with Gasteiger partial charge in [-0.05, 0) is 49.4 Å². The number of para-hydroxylation sites is 1. The van der Waals surface area contributed by atoms with E-state index in [-0.39, 0.29) is 24.6 Å². The molecular weight excluding hydrogens is 472 g/mol. The molecule has 2 aliphatic rings. The van der Waals surface area contributed by atoms with Gasteiger partial charge in [-0.3, -0.25) is 14.4 Å². The van der Waals surface area contributed by atoms with Crippen molar-refractivity contribution in [2.24, 2.45) is 5.92 Å². The van der Waals surface area contributed by atoms with Crippen molar-refractivity contribution in [3.8, 4) is 5.75 Å². The third kappa shape index (κ3) is 5.71. The van der Waals surface area contributed by atoms with E-state index in [1.165, 1.54) is 15.9 Å². The first-order chi connectivity index (χ1) is 16.8. The Morgan fingerprint density at radius 3 is 2.43 bits per heavy atom. The summed E-state index contributed by atoms with van der Waals surface area (Å²) in [4.78, 5) is 41.1.